The summed E-state index contributed by atoms with van der Waals surface area (Å²) >= 11 is 0. The Hall–Kier alpha value is -2.57. The van der Waals surface area contributed by atoms with E-state index in [1.807, 2.05) is 20.8 Å². The van der Waals surface area contributed by atoms with Gasteiger partial charge in [-0.2, -0.15) is 0 Å². The molecule has 25 heavy (non-hydrogen) atoms. The maximum absolute atomic E-state index is 12.0. The lowest BCUT2D eigenvalue weighted by Crippen LogP contribution is -2.44. The van der Waals surface area contributed by atoms with E-state index in [2.05, 4.69) is 10.1 Å². The lowest BCUT2D eigenvalue weighted by molar-refractivity contribution is -0.145. The third kappa shape index (κ3) is 6.45. The first-order valence-electron chi connectivity index (χ1n) is 7.97. The van der Waals surface area contributed by atoms with Gasteiger partial charge in [-0.1, -0.05) is 19.9 Å². The number of aryl methyl sites for hydroxylation is 1. The van der Waals surface area contributed by atoms with Crippen LogP contribution in [0.3, 0.4) is 0 Å². The number of methoxy groups -OCH3 is 2. The molecule has 0 bridgehead atoms. The Morgan fingerprint density at radius 2 is 1.84 bits per heavy atom. The SMILES string of the molecule is COC(=O)[C@H](CC(C)C)NC(=O)COC(=O)c1ccc(C)c(OC)c1. The van der Waals surface area contributed by atoms with Crippen molar-refractivity contribution in [2.45, 2.75) is 33.2 Å². The Morgan fingerprint density at radius 3 is 2.40 bits per heavy atom. The minimum Gasteiger partial charge on any atom is -0.496 e. The minimum absolute atomic E-state index is 0.187. The van der Waals surface area contributed by atoms with Gasteiger partial charge in [-0.05, 0) is 37.0 Å². The topological polar surface area (TPSA) is 90.9 Å². The molecule has 1 rings (SSSR count). The monoisotopic (exact) mass is 351 g/mol. The molecule has 1 aromatic rings. The Kier molecular flexibility index (Phi) is 7.91. The summed E-state index contributed by atoms with van der Waals surface area (Å²) in [4.78, 5) is 35.7. The maximum atomic E-state index is 12.0. The summed E-state index contributed by atoms with van der Waals surface area (Å²) in [6, 6.07) is 4.10. The fourth-order valence-corrected chi connectivity index (χ4v) is 2.23. The van der Waals surface area contributed by atoms with E-state index < -0.39 is 30.5 Å². The molecule has 138 valence electrons. The van der Waals surface area contributed by atoms with E-state index in [1.165, 1.54) is 14.2 Å². The number of amides is 1. The normalized spacial score (nSPS) is 11.6. The average molecular weight is 351 g/mol. The lowest BCUT2D eigenvalue weighted by atomic mass is 10.0. The van der Waals surface area contributed by atoms with Gasteiger partial charge in [-0.15, -0.1) is 0 Å². The van der Waals surface area contributed by atoms with Crippen molar-refractivity contribution in [3.05, 3.63) is 29.3 Å². The number of esters is 2. The van der Waals surface area contributed by atoms with Gasteiger partial charge in [0.15, 0.2) is 6.61 Å². The Labute approximate surface area is 147 Å². The van der Waals surface area contributed by atoms with Crippen molar-refractivity contribution in [3.63, 3.8) is 0 Å². The molecule has 0 spiro atoms. The predicted molar refractivity (Wildman–Crippen MR) is 91.4 cm³/mol. The third-order valence-electron chi connectivity index (χ3n) is 3.51. The fraction of sp³-hybridized carbons (Fsp3) is 0.500. The summed E-state index contributed by atoms with van der Waals surface area (Å²) < 4.78 is 14.8. The first-order valence-corrected chi connectivity index (χ1v) is 7.97. The standard InChI is InChI=1S/C18H25NO6/c1-11(2)8-14(18(22)24-5)19-16(20)10-25-17(21)13-7-6-12(3)15(9-13)23-4/h6-7,9,11,14H,8,10H2,1-5H3,(H,19,20)/t14-/m0/s1. The van der Waals surface area contributed by atoms with Crippen LogP contribution in [-0.4, -0.2) is 44.7 Å². The first-order chi connectivity index (χ1) is 11.8. The summed E-state index contributed by atoms with van der Waals surface area (Å²) in [5.41, 5.74) is 1.16. The number of carbonyl (C=O) groups is 3. The second kappa shape index (κ2) is 9.66. The summed E-state index contributed by atoms with van der Waals surface area (Å²) in [6.45, 7) is 5.21. The van der Waals surface area contributed by atoms with Crippen LogP contribution in [0.25, 0.3) is 0 Å². The van der Waals surface area contributed by atoms with E-state index in [1.54, 1.807) is 18.2 Å². The average Bonchev–Trinajstić information content (AvgIpc) is 2.58. The second-order valence-electron chi connectivity index (χ2n) is 6.03. The van der Waals surface area contributed by atoms with Crippen LogP contribution in [0.4, 0.5) is 0 Å². The summed E-state index contributed by atoms with van der Waals surface area (Å²) in [5.74, 6) is -0.999. The van der Waals surface area contributed by atoms with E-state index in [0.717, 1.165) is 5.56 Å². The van der Waals surface area contributed by atoms with Crippen LogP contribution in [0.5, 0.6) is 5.75 Å². The Morgan fingerprint density at radius 1 is 1.16 bits per heavy atom. The van der Waals surface area contributed by atoms with E-state index in [9.17, 15) is 14.4 Å². The van der Waals surface area contributed by atoms with E-state index >= 15 is 0 Å². The van der Waals surface area contributed by atoms with Crippen LogP contribution >= 0.6 is 0 Å². The summed E-state index contributed by atoms with van der Waals surface area (Å²) in [7, 11) is 2.76. The molecule has 0 saturated heterocycles. The van der Waals surface area contributed by atoms with Gasteiger partial charge in [-0.3, -0.25) is 4.79 Å². The summed E-state index contributed by atoms with van der Waals surface area (Å²) in [5, 5.41) is 2.52. The number of hydrogen-bond acceptors (Lipinski definition) is 6. The number of ether oxygens (including phenoxy) is 3. The first kappa shape index (κ1) is 20.5. The van der Waals surface area contributed by atoms with Gasteiger partial charge in [0, 0.05) is 0 Å². The molecule has 0 aromatic heterocycles. The van der Waals surface area contributed by atoms with Gasteiger partial charge >= 0.3 is 11.9 Å². The highest BCUT2D eigenvalue weighted by Crippen LogP contribution is 2.19. The molecule has 1 amide bonds. The highest BCUT2D eigenvalue weighted by atomic mass is 16.5. The predicted octanol–water partition coefficient (Wildman–Crippen LogP) is 1.86. The third-order valence-corrected chi connectivity index (χ3v) is 3.51. The molecule has 1 N–H and O–H groups in total. The highest BCUT2D eigenvalue weighted by Gasteiger charge is 2.23. The molecule has 0 saturated carbocycles. The van der Waals surface area contributed by atoms with Crippen molar-refractivity contribution in [1.82, 2.24) is 5.32 Å². The highest BCUT2D eigenvalue weighted by molar-refractivity contribution is 5.92. The zero-order chi connectivity index (χ0) is 19.0. The fourth-order valence-electron chi connectivity index (χ4n) is 2.23. The quantitative estimate of drug-likeness (QED) is 0.719. The number of rotatable bonds is 8. The Balaban J connectivity index is 2.62. The molecule has 0 radical (unpaired) electrons. The largest absolute Gasteiger partial charge is 0.496 e. The van der Waals surface area contributed by atoms with Crippen molar-refractivity contribution in [3.8, 4) is 5.75 Å². The smallest absolute Gasteiger partial charge is 0.338 e. The molecule has 0 aliphatic heterocycles. The van der Waals surface area contributed by atoms with Crippen LogP contribution in [0.1, 0.15) is 36.2 Å². The van der Waals surface area contributed by atoms with Crippen molar-refractivity contribution in [2.24, 2.45) is 5.92 Å². The lowest BCUT2D eigenvalue weighted by Gasteiger charge is -2.18. The van der Waals surface area contributed by atoms with E-state index in [4.69, 9.17) is 9.47 Å². The molecule has 0 aliphatic rings. The molecule has 1 atom stereocenters. The van der Waals surface area contributed by atoms with Crippen LogP contribution < -0.4 is 10.1 Å². The van der Waals surface area contributed by atoms with Gasteiger partial charge in [-0.25, -0.2) is 9.59 Å². The van der Waals surface area contributed by atoms with Gasteiger partial charge in [0.2, 0.25) is 0 Å². The molecule has 1 aromatic carbocycles. The zero-order valence-corrected chi connectivity index (χ0v) is 15.3. The molecule has 0 aliphatic carbocycles. The molecular formula is C18H25NO6. The van der Waals surface area contributed by atoms with E-state index in [0.29, 0.717) is 12.2 Å². The van der Waals surface area contributed by atoms with Gasteiger partial charge < -0.3 is 19.5 Å². The zero-order valence-electron chi connectivity index (χ0n) is 15.3. The number of nitrogens with one attached hydrogen (secondary N) is 1. The second-order valence-corrected chi connectivity index (χ2v) is 6.03. The molecular weight excluding hydrogens is 326 g/mol. The summed E-state index contributed by atoms with van der Waals surface area (Å²) in [6.07, 6.45) is 0.432. The van der Waals surface area contributed by atoms with Crippen LogP contribution in [0.15, 0.2) is 18.2 Å². The minimum atomic E-state index is -0.768. The molecule has 7 heteroatoms. The van der Waals surface area contributed by atoms with Crippen molar-refractivity contribution >= 4 is 17.8 Å². The van der Waals surface area contributed by atoms with Crippen molar-refractivity contribution in [1.29, 1.82) is 0 Å². The number of hydrogen-bond donors (Lipinski definition) is 1. The van der Waals surface area contributed by atoms with Gasteiger partial charge in [0.1, 0.15) is 11.8 Å². The molecule has 0 fully saturated rings. The number of carbonyl (C=O) groups excluding carboxylic acids is 3. The van der Waals surface area contributed by atoms with Crippen LogP contribution in [-0.2, 0) is 19.1 Å². The van der Waals surface area contributed by atoms with Crippen molar-refractivity contribution < 1.29 is 28.6 Å². The van der Waals surface area contributed by atoms with Gasteiger partial charge in [0.05, 0.1) is 19.8 Å². The van der Waals surface area contributed by atoms with Crippen molar-refractivity contribution in [2.75, 3.05) is 20.8 Å². The molecule has 0 unspecified atom stereocenters. The van der Waals surface area contributed by atoms with Gasteiger partial charge in [0.25, 0.3) is 5.91 Å². The number of benzene rings is 1. The van der Waals surface area contributed by atoms with Crippen LogP contribution in [0.2, 0.25) is 0 Å². The molecule has 7 nitrogen and oxygen atoms in total. The van der Waals surface area contributed by atoms with Crippen LogP contribution in [0, 0.1) is 12.8 Å². The Bertz CT molecular complexity index is 626. The molecule has 0 heterocycles. The maximum Gasteiger partial charge on any atom is 0.338 e. The van der Waals surface area contributed by atoms with E-state index in [-0.39, 0.29) is 11.5 Å².